The molecule has 94 valence electrons. The van der Waals surface area contributed by atoms with E-state index in [0.29, 0.717) is 30.7 Å². The Kier molecular flexibility index (Phi) is 3.92. The summed E-state index contributed by atoms with van der Waals surface area (Å²) in [5.41, 5.74) is 2.17. The second-order valence-electron chi connectivity index (χ2n) is 4.49. The molecular formula is C15H17NO2. The predicted octanol–water partition coefficient (Wildman–Crippen LogP) is 3.21. The minimum absolute atomic E-state index is 0.00746. The normalized spacial score (nSPS) is 17.2. The number of aliphatic imine (C=N–C) groups is 1. The fourth-order valence-corrected chi connectivity index (χ4v) is 2.11. The number of aliphatic hydroxyl groups is 1. The number of rotatable bonds is 3. The highest BCUT2D eigenvalue weighted by atomic mass is 16.3. The fourth-order valence-electron chi connectivity index (χ4n) is 2.11. The van der Waals surface area contributed by atoms with Gasteiger partial charge in [0.05, 0.1) is 12.1 Å². The molecule has 0 radical (unpaired) electrons. The van der Waals surface area contributed by atoms with Crippen molar-refractivity contribution in [3.63, 3.8) is 0 Å². The van der Waals surface area contributed by atoms with Gasteiger partial charge in [-0.25, -0.2) is 0 Å². The number of Topliss-reactive ketones (excluding diaryl/α,β-unsaturated/α-hetero) is 1. The van der Waals surface area contributed by atoms with Gasteiger partial charge in [-0.1, -0.05) is 30.3 Å². The molecule has 1 aromatic carbocycles. The van der Waals surface area contributed by atoms with Crippen molar-refractivity contribution in [2.24, 2.45) is 4.99 Å². The molecule has 2 rings (SSSR count). The standard InChI is InChI=1S/C15H17NO2/c1-11(15-13(17)8-5-9-14(15)18)16-10-12-6-3-2-4-7-12/h2-4,6-7,17H,5,8-10H2,1H3. The molecule has 1 N–H and O–H groups in total. The first-order valence-electron chi connectivity index (χ1n) is 6.19. The van der Waals surface area contributed by atoms with Crippen molar-refractivity contribution in [2.45, 2.75) is 32.7 Å². The second-order valence-corrected chi connectivity index (χ2v) is 4.49. The minimum atomic E-state index is 0.00746. The van der Waals surface area contributed by atoms with E-state index < -0.39 is 0 Å². The van der Waals surface area contributed by atoms with Crippen LogP contribution in [0.2, 0.25) is 0 Å². The molecule has 1 aromatic rings. The zero-order valence-electron chi connectivity index (χ0n) is 10.5. The molecule has 18 heavy (non-hydrogen) atoms. The van der Waals surface area contributed by atoms with Crippen LogP contribution in [0.1, 0.15) is 31.7 Å². The molecule has 0 saturated heterocycles. The van der Waals surface area contributed by atoms with Crippen LogP contribution in [0.5, 0.6) is 0 Å². The van der Waals surface area contributed by atoms with Gasteiger partial charge in [0.2, 0.25) is 0 Å². The van der Waals surface area contributed by atoms with Crippen molar-refractivity contribution in [3.05, 3.63) is 47.2 Å². The quantitative estimate of drug-likeness (QED) is 0.829. The average molecular weight is 243 g/mol. The van der Waals surface area contributed by atoms with E-state index in [1.807, 2.05) is 30.3 Å². The van der Waals surface area contributed by atoms with Gasteiger partial charge in [-0.05, 0) is 18.9 Å². The lowest BCUT2D eigenvalue weighted by atomic mass is 9.93. The van der Waals surface area contributed by atoms with Crippen molar-refractivity contribution in [1.82, 2.24) is 0 Å². The first kappa shape index (κ1) is 12.6. The number of carbonyl (C=O) groups is 1. The van der Waals surface area contributed by atoms with E-state index in [1.165, 1.54) is 0 Å². The van der Waals surface area contributed by atoms with Crippen LogP contribution < -0.4 is 0 Å². The van der Waals surface area contributed by atoms with Crippen molar-refractivity contribution < 1.29 is 9.90 Å². The minimum Gasteiger partial charge on any atom is -0.511 e. The van der Waals surface area contributed by atoms with Crippen LogP contribution in [-0.2, 0) is 11.3 Å². The summed E-state index contributed by atoms with van der Waals surface area (Å²) in [5.74, 6) is 0.202. The summed E-state index contributed by atoms with van der Waals surface area (Å²) in [5, 5.41) is 9.78. The summed E-state index contributed by atoms with van der Waals surface area (Å²) in [6.07, 6.45) is 1.83. The van der Waals surface area contributed by atoms with Crippen molar-refractivity contribution in [2.75, 3.05) is 0 Å². The topological polar surface area (TPSA) is 49.7 Å². The number of aliphatic hydroxyl groups excluding tert-OH is 1. The fraction of sp³-hybridized carbons (Fsp3) is 0.333. The Labute approximate surface area is 107 Å². The molecule has 1 aliphatic carbocycles. The summed E-state index contributed by atoms with van der Waals surface area (Å²) in [7, 11) is 0. The molecule has 0 fully saturated rings. The lowest BCUT2D eigenvalue weighted by Crippen LogP contribution is -2.17. The first-order chi connectivity index (χ1) is 8.68. The molecule has 0 aromatic heterocycles. The van der Waals surface area contributed by atoms with E-state index in [2.05, 4.69) is 4.99 Å². The third-order valence-electron chi connectivity index (χ3n) is 3.09. The molecule has 3 heteroatoms. The predicted molar refractivity (Wildman–Crippen MR) is 71.8 cm³/mol. The van der Waals surface area contributed by atoms with Crippen LogP contribution in [0.4, 0.5) is 0 Å². The molecule has 0 amide bonds. The van der Waals surface area contributed by atoms with E-state index in [0.717, 1.165) is 12.0 Å². The highest BCUT2D eigenvalue weighted by Crippen LogP contribution is 2.21. The number of allylic oxidation sites excluding steroid dienone is 2. The third-order valence-corrected chi connectivity index (χ3v) is 3.09. The number of hydrogen-bond donors (Lipinski definition) is 1. The van der Waals surface area contributed by atoms with Gasteiger partial charge in [-0.15, -0.1) is 0 Å². The number of carbonyl (C=O) groups excluding carboxylic acids is 1. The number of nitrogens with zero attached hydrogens (tertiary/aromatic N) is 1. The zero-order chi connectivity index (χ0) is 13.0. The molecule has 1 aliphatic rings. The maximum Gasteiger partial charge on any atom is 0.168 e. The maximum absolute atomic E-state index is 11.8. The Hall–Kier alpha value is -1.90. The molecular weight excluding hydrogens is 226 g/mol. The molecule has 3 nitrogen and oxygen atoms in total. The molecule has 0 aliphatic heterocycles. The van der Waals surface area contributed by atoms with E-state index in [-0.39, 0.29) is 11.5 Å². The first-order valence-corrected chi connectivity index (χ1v) is 6.19. The highest BCUT2D eigenvalue weighted by molar-refractivity contribution is 6.22. The number of ketones is 1. The smallest absolute Gasteiger partial charge is 0.168 e. The average Bonchev–Trinajstić information content (AvgIpc) is 2.37. The van der Waals surface area contributed by atoms with Crippen LogP contribution in [-0.4, -0.2) is 16.6 Å². The van der Waals surface area contributed by atoms with Gasteiger partial charge in [0.25, 0.3) is 0 Å². The van der Waals surface area contributed by atoms with Crippen molar-refractivity contribution in [3.8, 4) is 0 Å². The van der Waals surface area contributed by atoms with Gasteiger partial charge in [0, 0.05) is 18.6 Å². The van der Waals surface area contributed by atoms with Gasteiger partial charge >= 0.3 is 0 Å². The highest BCUT2D eigenvalue weighted by Gasteiger charge is 2.22. The Bertz CT molecular complexity index is 500. The second kappa shape index (κ2) is 5.63. The van der Waals surface area contributed by atoms with Crippen molar-refractivity contribution >= 4 is 11.5 Å². The molecule has 0 spiro atoms. The summed E-state index contributed by atoms with van der Waals surface area (Å²) in [4.78, 5) is 16.2. The summed E-state index contributed by atoms with van der Waals surface area (Å²) in [6, 6.07) is 9.87. The van der Waals surface area contributed by atoms with E-state index in [4.69, 9.17) is 0 Å². The van der Waals surface area contributed by atoms with Crippen LogP contribution >= 0.6 is 0 Å². The Morgan fingerprint density at radius 1 is 1.28 bits per heavy atom. The Morgan fingerprint density at radius 3 is 2.67 bits per heavy atom. The van der Waals surface area contributed by atoms with Crippen LogP contribution in [0.25, 0.3) is 0 Å². The Morgan fingerprint density at radius 2 is 2.00 bits per heavy atom. The van der Waals surface area contributed by atoms with Gasteiger partial charge < -0.3 is 5.11 Å². The number of hydrogen-bond acceptors (Lipinski definition) is 3. The van der Waals surface area contributed by atoms with Crippen LogP contribution in [0.15, 0.2) is 46.7 Å². The lowest BCUT2D eigenvalue weighted by molar-refractivity contribution is -0.115. The molecule has 0 bridgehead atoms. The van der Waals surface area contributed by atoms with Gasteiger partial charge in [0.15, 0.2) is 5.78 Å². The van der Waals surface area contributed by atoms with Crippen LogP contribution in [0, 0.1) is 0 Å². The summed E-state index contributed by atoms with van der Waals surface area (Å²) < 4.78 is 0. The maximum atomic E-state index is 11.8. The molecule has 0 heterocycles. The monoisotopic (exact) mass is 243 g/mol. The number of benzene rings is 1. The van der Waals surface area contributed by atoms with Crippen LogP contribution in [0.3, 0.4) is 0 Å². The SMILES string of the molecule is CC(=NCc1ccccc1)C1=C(O)CCCC1=O. The van der Waals surface area contributed by atoms with Gasteiger partial charge in [-0.3, -0.25) is 9.79 Å². The molecule has 0 unspecified atom stereocenters. The summed E-state index contributed by atoms with van der Waals surface area (Å²) in [6.45, 7) is 2.33. The lowest BCUT2D eigenvalue weighted by Gasteiger charge is -2.14. The van der Waals surface area contributed by atoms with E-state index in [1.54, 1.807) is 6.92 Å². The summed E-state index contributed by atoms with van der Waals surface area (Å²) >= 11 is 0. The Balaban J connectivity index is 2.16. The van der Waals surface area contributed by atoms with Gasteiger partial charge in [0.1, 0.15) is 5.76 Å². The largest absolute Gasteiger partial charge is 0.511 e. The van der Waals surface area contributed by atoms with E-state index in [9.17, 15) is 9.90 Å². The zero-order valence-corrected chi connectivity index (χ0v) is 10.5. The molecule has 0 atom stereocenters. The molecule has 0 saturated carbocycles. The van der Waals surface area contributed by atoms with E-state index >= 15 is 0 Å². The van der Waals surface area contributed by atoms with Crippen molar-refractivity contribution in [1.29, 1.82) is 0 Å². The van der Waals surface area contributed by atoms with Gasteiger partial charge in [-0.2, -0.15) is 0 Å². The third kappa shape index (κ3) is 2.86.